The lowest BCUT2D eigenvalue weighted by atomic mass is 10.1. The summed E-state index contributed by atoms with van der Waals surface area (Å²) >= 11 is 0. The fraction of sp³-hybridized carbons (Fsp3) is 0.357. The second kappa shape index (κ2) is 5.92. The highest BCUT2D eigenvalue weighted by atomic mass is 16.6. The fourth-order valence-electron chi connectivity index (χ4n) is 2.31. The summed E-state index contributed by atoms with van der Waals surface area (Å²) in [4.78, 5) is 10.5. The Morgan fingerprint density at radius 2 is 2.10 bits per heavy atom. The molecule has 2 aromatic rings. The number of aromatic nitrogens is 2. The Morgan fingerprint density at radius 1 is 1.38 bits per heavy atom. The van der Waals surface area contributed by atoms with Gasteiger partial charge in [-0.1, -0.05) is 0 Å². The van der Waals surface area contributed by atoms with Crippen LogP contribution >= 0.6 is 0 Å². The van der Waals surface area contributed by atoms with Gasteiger partial charge in [0.1, 0.15) is 5.75 Å². The van der Waals surface area contributed by atoms with Crippen LogP contribution < -0.4 is 10.5 Å². The Kier molecular flexibility index (Phi) is 4.23. The average Bonchev–Trinajstić information content (AvgIpc) is 2.72. The number of aryl methyl sites for hydroxylation is 1. The van der Waals surface area contributed by atoms with Gasteiger partial charge >= 0.3 is 0 Å². The third-order valence-corrected chi connectivity index (χ3v) is 3.47. The Bertz CT molecular complexity index is 679. The molecule has 0 fully saturated rings. The number of hydrogen-bond acceptors (Lipinski definition) is 5. The van der Waals surface area contributed by atoms with Gasteiger partial charge in [0.15, 0.2) is 0 Å². The molecule has 0 unspecified atom stereocenters. The molecule has 112 valence electrons. The number of hydrogen-bond donors (Lipinski definition) is 1. The number of nitro groups is 1. The standard InChI is InChI=1S/C14H18N4O3/c1-9-14(7-15)10(2)17(16-9)8-11-4-12(18(19)20)6-13(5-11)21-3/h4-6H,7-8,15H2,1-3H3. The summed E-state index contributed by atoms with van der Waals surface area (Å²) in [7, 11) is 1.48. The summed E-state index contributed by atoms with van der Waals surface area (Å²) in [6.45, 7) is 4.71. The van der Waals surface area contributed by atoms with Gasteiger partial charge in [-0.25, -0.2) is 0 Å². The van der Waals surface area contributed by atoms with E-state index in [-0.39, 0.29) is 5.69 Å². The molecule has 2 N–H and O–H groups in total. The van der Waals surface area contributed by atoms with Gasteiger partial charge in [-0.3, -0.25) is 14.8 Å². The maximum absolute atomic E-state index is 11.0. The molecule has 0 aliphatic heterocycles. The first kappa shape index (κ1) is 15.0. The quantitative estimate of drug-likeness (QED) is 0.670. The molecular weight excluding hydrogens is 272 g/mol. The summed E-state index contributed by atoms with van der Waals surface area (Å²) in [5, 5.41) is 15.4. The Morgan fingerprint density at radius 3 is 2.62 bits per heavy atom. The summed E-state index contributed by atoms with van der Waals surface area (Å²) in [6.07, 6.45) is 0. The van der Waals surface area contributed by atoms with Crippen LogP contribution in [0.4, 0.5) is 5.69 Å². The lowest BCUT2D eigenvalue weighted by molar-refractivity contribution is -0.385. The van der Waals surface area contributed by atoms with Crippen molar-refractivity contribution in [3.8, 4) is 5.75 Å². The van der Waals surface area contributed by atoms with Crippen LogP contribution in [0.15, 0.2) is 18.2 Å². The minimum Gasteiger partial charge on any atom is -0.496 e. The largest absolute Gasteiger partial charge is 0.496 e. The van der Waals surface area contributed by atoms with Crippen molar-refractivity contribution in [1.82, 2.24) is 9.78 Å². The summed E-state index contributed by atoms with van der Waals surface area (Å²) in [5.74, 6) is 0.458. The van der Waals surface area contributed by atoms with E-state index in [4.69, 9.17) is 10.5 Å². The molecule has 0 atom stereocenters. The van der Waals surface area contributed by atoms with Crippen LogP contribution in [-0.4, -0.2) is 21.8 Å². The molecule has 0 aliphatic carbocycles. The molecule has 0 bridgehead atoms. The molecule has 0 saturated carbocycles. The van der Waals surface area contributed by atoms with Gasteiger partial charge in [-0.2, -0.15) is 5.10 Å². The molecule has 0 aliphatic rings. The van der Waals surface area contributed by atoms with Crippen molar-refractivity contribution in [2.75, 3.05) is 7.11 Å². The molecule has 21 heavy (non-hydrogen) atoms. The van der Waals surface area contributed by atoms with Crippen molar-refractivity contribution in [2.24, 2.45) is 5.73 Å². The van der Waals surface area contributed by atoms with Crippen molar-refractivity contribution in [3.63, 3.8) is 0 Å². The summed E-state index contributed by atoms with van der Waals surface area (Å²) < 4.78 is 6.91. The molecule has 2 rings (SSSR count). The van der Waals surface area contributed by atoms with Crippen LogP contribution in [-0.2, 0) is 13.1 Å². The zero-order valence-electron chi connectivity index (χ0n) is 12.3. The van der Waals surface area contributed by atoms with Crippen LogP contribution in [0.25, 0.3) is 0 Å². The Labute approximate surface area is 122 Å². The van der Waals surface area contributed by atoms with Gasteiger partial charge in [-0.15, -0.1) is 0 Å². The normalized spacial score (nSPS) is 10.7. The first-order valence-corrected chi connectivity index (χ1v) is 6.51. The highest BCUT2D eigenvalue weighted by Gasteiger charge is 2.14. The Hall–Kier alpha value is -2.41. The van der Waals surface area contributed by atoms with Gasteiger partial charge in [0, 0.05) is 23.9 Å². The highest BCUT2D eigenvalue weighted by molar-refractivity contribution is 5.43. The van der Waals surface area contributed by atoms with E-state index in [0.29, 0.717) is 18.8 Å². The molecule has 0 amide bonds. The number of benzene rings is 1. The van der Waals surface area contributed by atoms with Gasteiger partial charge in [0.05, 0.1) is 30.3 Å². The maximum Gasteiger partial charge on any atom is 0.273 e. The lowest BCUT2D eigenvalue weighted by Gasteiger charge is -2.07. The van der Waals surface area contributed by atoms with Crippen LogP contribution in [0.2, 0.25) is 0 Å². The number of nitrogens with zero attached hydrogens (tertiary/aromatic N) is 3. The topological polar surface area (TPSA) is 96.2 Å². The summed E-state index contributed by atoms with van der Waals surface area (Å²) in [6, 6.07) is 4.70. The monoisotopic (exact) mass is 290 g/mol. The molecule has 7 nitrogen and oxygen atoms in total. The predicted octanol–water partition coefficient (Wildman–Crippen LogP) is 1.92. The van der Waals surface area contributed by atoms with Crippen LogP contribution in [0.5, 0.6) is 5.75 Å². The van der Waals surface area contributed by atoms with E-state index in [1.54, 1.807) is 10.7 Å². The van der Waals surface area contributed by atoms with Gasteiger partial charge in [-0.05, 0) is 25.5 Å². The van der Waals surface area contributed by atoms with Crippen LogP contribution in [0.3, 0.4) is 0 Å². The first-order valence-electron chi connectivity index (χ1n) is 6.51. The summed E-state index contributed by atoms with van der Waals surface area (Å²) in [5.41, 5.74) is 9.33. The van der Waals surface area contributed by atoms with Crippen molar-refractivity contribution in [2.45, 2.75) is 26.9 Å². The number of nitro benzene ring substituents is 1. The number of non-ortho nitro benzene ring substituents is 1. The van der Waals surface area contributed by atoms with Gasteiger partial charge < -0.3 is 10.5 Å². The SMILES string of the molecule is COc1cc(Cn2nc(C)c(CN)c2C)cc([N+](=O)[O-])c1. The van der Waals surface area contributed by atoms with E-state index in [9.17, 15) is 10.1 Å². The van der Waals surface area contributed by atoms with Gasteiger partial charge in [0.2, 0.25) is 0 Å². The second-order valence-corrected chi connectivity index (χ2v) is 4.81. The van der Waals surface area contributed by atoms with E-state index in [1.165, 1.54) is 19.2 Å². The van der Waals surface area contributed by atoms with Crippen LogP contribution in [0.1, 0.15) is 22.5 Å². The predicted molar refractivity (Wildman–Crippen MR) is 78.3 cm³/mol. The third-order valence-electron chi connectivity index (χ3n) is 3.47. The number of rotatable bonds is 5. The van der Waals surface area contributed by atoms with E-state index in [1.807, 2.05) is 13.8 Å². The maximum atomic E-state index is 11.0. The van der Waals surface area contributed by atoms with Crippen molar-refractivity contribution in [3.05, 3.63) is 50.8 Å². The molecular formula is C14H18N4O3. The van der Waals surface area contributed by atoms with Crippen molar-refractivity contribution < 1.29 is 9.66 Å². The van der Waals surface area contributed by atoms with E-state index in [2.05, 4.69) is 5.10 Å². The molecule has 0 radical (unpaired) electrons. The van der Waals surface area contributed by atoms with Crippen LogP contribution in [0, 0.1) is 24.0 Å². The highest BCUT2D eigenvalue weighted by Crippen LogP contribution is 2.24. The minimum atomic E-state index is -0.432. The van der Waals surface area contributed by atoms with E-state index in [0.717, 1.165) is 22.5 Å². The molecule has 0 saturated heterocycles. The third kappa shape index (κ3) is 3.03. The van der Waals surface area contributed by atoms with E-state index < -0.39 is 4.92 Å². The lowest BCUT2D eigenvalue weighted by Crippen LogP contribution is -2.06. The molecule has 1 aromatic carbocycles. The first-order chi connectivity index (χ1) is 9.96. The fourth-order valence-corrected chi connectivity index (χ4v) is 2.31. The van der Waals surface area contributed by atoms with E-state index >= 15 is 0 Å². The zero-order chi connectivity index (χ0) is 15.6. The minimum absolute atomic E-state index is 0.00456. The van der Waals surface area contributed by atoms with Crippen molar-refractivity contribution in [1.29, 1.82) is 0 Å². The second-order valence-electron chi connectivity index (χ2n) is 4.81. The number of methoxy groups -OCH3 is 1. The smallest absolute Gasteiger partial charge is 0.273 e. The molecule has 1 aromatic heterocycles. The molecule has 0 spiro atoms. The van der Waals surface area contributed by atoms with Gasteiger partial charge in [0.25, 0.3) is 5.69 Å². The Balaban J connectivity index is 2.39. The van der Waals surface area contributed by atoms with Crippen molar-refractivity contribution >= 4 is 5.69 Å². The number of nitrogens with two attached hydrogens (primary N) is 1. The number of ether oxygens (including phenoxy) is 1. The zero-order valence-corrected chi connectivity index (χ0v) is 12.3. The molecule has 1 heterocycles. The molecule has 7 heteroatoms. The average molecular weight is 290 g/mol.